The number of nitrogens with zero attached hydrogens (tertiary/aromatic N) is 2. The van der Waals surface area contributed by atoms with E-state index >= 15 is 0 Å². The summed E-state index contributed by atoms with van der Waals surface area (Å²) >= 11 is 8.81. The third-order valence-electron chi connectivity index (χ3n) is 4.35. The number of hydrogen-bond acceptors (Lipinski definition) is 4. The van der Waals surface area contributed by atoms with Gasteiger partial charge in [0.1, 0.15) is 5.58 Å². The molecular weight excluding hydrogens is 452 g/mol. The van der Waals surface area contributed by atoms with Gasteiger partial charge in [0.25, 0.3) is 0 Å². The fourth-order valence-electron chi connectivity index (χ4n) is 2.97. The van der Waals surface area contributed by atoms with Crippen LogP contribution >= 0.6 is 28.1 Å². The molecular formula is C21H17BrN4O2S. The predicted molar refractivity (Wildman–Crippen MR) is 123 cm³/mol. The van der Waals surface area contributed by atoms with Crippen LogP contribution in [0.25, 0.3) is 11.0 Å². The second-order valence-corrected chi connectivity index (χ2v) is 7.89. The summed E-state index contributed by atoms with van der Waals surface area (Å²) in [6.07, 6.45) is 1.89. The fourth-order valence-corrected chi connectivity index (χ4v) is 3.46. The molecule has 0 spiro atoms. The Labute approximate surface area is 180 Å². The standard InChI is InChI=1S/C21H17BrN4O2S/c1-13-10-20(27)28-18-11-16(6-7-17(13)18)23-21(29)24-19-8-9-26(25-19)12-14-2-4-15(22)5-3-14/h2-11H,12H2,1H3,(H2,23,24,25,29). The molecule has 0 aliphatic carbocycles. The zero-order valence-corrected chi connectivity index (χ0v) is 17.9. The number of halogens is 1. The van der Waals surface area contributed by atoms with E-state index in [0.29, 0.717) is 23.1 Å². The molecule has 2 aromatic carbocycles. The second kappa shape index (κ2) is 8.18. The van der Waals surface area contributed by atoms with Gasteiger partial charge in [0.2, 0.25) is 0 Å². The van der Waals surface area contributed by atoms with Gasteiger partial charge >= 0.3 is 5.63 Å². The van der Waals surface area contributed by atoms with Gasteiger partial charge in [0.05, 0.1) is 6.54 Å². The van der Waals surface area contributed by atoms with Gasteiger partial charge in [-0.25, -0.2) is 4.79 Å². The lowest BCUT2D eigenvalue weighted by atomic mass is 10.1. The van der Waals surface area contributed by atoms with Crippen molar-refractivity contribution in [1.82, 2.24) is 9.78 Å². The van der Waals surface area contributed by atoms with Crippen molar-refractivity contribution < 1.29 is 4.42 Å². The summed E-state index contributed by atoms with van der Waals surface area (Å²) in [6.45, 7) is 2.54. The maximum Gasteiger partial charge on any atom is 0.336 e. The molecule has 4 rings (SSSR count). The summed E-state index contributed by atoms with van der Waals surface area (Å²) in [5.41, 5.74) is 2.89. The highest BCUT2D eigenvalue weighted by Crippen LogP contribution is 2.21. The SMILES string of the molecule is Cc1cc(=O)oc2cc(NC(=S)Nc3ccn(Cc4ccc(Br)cc4)n3)ccc12. The van der Waals surface area contributed by atoms with Gasteiger partial charge < -0.3 is 15.1 Å². The highest BCUT2D eigenvalue weighted by atomic mass is 79.9. The van der Waals surface area contributed by atoms with Crippen LogP contribution in [0.4, 0.5) is 11.5 Å². The number of aryl methyl sites for hydroxylation is 1. The Morgan fingerprint density at radius 1 is 1.14 bits per heavy atom. The molecule has 146 valence electrons. The van der Waals surface area contributed by atoms with Gasteiger partial charge in [-0.3, -0.25) is 4.68 Å². The molecule has 2 heterocycles. The number of aromatic nitrogens is 2. The van der Waals surface area contributed by atoms with Gasteiger partial charge in [-0.2, -0.15) is 5.10 Å². The first-order chi connectivity index (χ1) is 14.0. The molecule has 0 aliphatic rings. The highest BCUT2D eigenvalue weighted by molar-refractivity contribution is 9.10. The largest absolute Gasteiger partial charge is 0.423 e. The van der Waals surface area contributed by atoms with Crippen molar-refractivity contribution in [2.75, 3.05) is 10.6 Å². The zero-order chi connectivity index (χ0) is 20.4. The Morgan fingerprint density at radius 2 is 1.93 bits per heavy atom. The molecule has 2 aromatic heterocycles. The molecule has 0 unspecified atom stereocenters. The molecule has 2 N–H and O–H groups in total. The first kappa shape index (κ1) is 19.4. The van der Waals surface area contributed by atoms with Crippen LogP contribution in [0, 0.1) is 6.92 Å². The lowest BCUT2D eigenvalue weighted by molar-refractivity contribution is 0.560. The number of nitrogens with one attached hydrogen (secondary N) is 2. The number of hydrogen-bond donors (Lipinski definition) is 2. The van der Waals surface area contributed by atoms with Crippen molar-refractivity contribution in [3.63, 3.8) is 0 Å². The Bertz CT molecular complexity index is 1250. The molecule has 6 nitrogen and oxygen atoms in total. The molecule has 0 amide bonds. The first-order valence-electron chi connectivity index (χ1n) is 8.87. The Balaban J connectivity index is 1.42. The van der Waals surface area contributed by atoms with Crippen molar-refractivity contribution in [3.8, 4) is 0 Å². The Morgan fingerprint density at radius 3 is 2.72 bits per heavy atom. The molecule has 0 bridgehead atoms. The lowest BCUT2D eigenvalue weighted by Gasteiger charge is -2.09. The topological polar surface area (TPSA) is 72.1 Å². The summed E-state index contributed by atoms with van der Waals surface area (Å²) in [5, 5.41) is 11.9. The summed E-state index contributed by atoms with van der Waals surface area (Å²) < 4.78 is 8.15. The average Bonchev–Trinajstić information content (AvgIpc) is 3.09. The molecule has 0 aliphatic heterocycles. The number of fused-ring (bicyclic) bond motifs is 1. The monoisotopic (exact) mass is 468 g/mol. The average molecular weight is 469 g/mol. The van der Waals surface area contributed by atoms with E-state index in [1.165, 1.54) is 6.07 Å². The van der Waals surface area contributed by atoms with Gasteiger partial charge in [0, 0.05) is 39.9 Å². The van der Waals surface area contributed by atoms with Crippen LogP contribution in [0.15, 0.2) is 74.5 Å². The minimum absolute atomic E-state index is 0.371. The molecule has 0 saturated carbocycles. The molecule has 0 atom stereocenters. The third kappa shape index (κ3) is 4.72. The van der Waals surface area contributed by atoms with E-state index in [2.05, 4.69) is 31.7 Å². The van der Waals surface area contributed by atoms with Crippen LogP contribution in [0.1, 0.15) is 11.1 Å². The van der Waals surface area contributed by atoms with Crippen LogP contribution in [-0.4, -0.2) is 14.9 Å². The van der Waals surface area contributed by atoms with E-state index in [1.807, 2.05) is 60.3 Å². The van der Waals surface area contributed by atoms with Crippen LogP contribution in [-0.2, 0) is 6.54 Å². The van der Waals surface area contributed by atoms with E-state index in [-0.39, 0.29) is 5.63 Å². The smallest absolute Gasteiger partial charge is 0.336 e. The quantitative estimate of drug-likeness (QED) is 0.327. The van der Waals surface area contributed by atoms with Crippen LogP contribution < -0.4 is 16.3 Å². The molecule has 0 fully saturated rings. The number of benzene rings is 2. The van der Waals surface area contributed by atoms with E-state index in [4.69, 9.17) is 16.6 Å². The van der Waals surface area contributed by atoms with Gasteiger partial charge in [-0.05, 0) is 54.5 Å². The summed E-state index contributed by atoms with van der Waals surface area (Å²) in [4.78, 5) is 11.6. The maximum atomic E-state index is 11.6. The lowest BCUT2D eigenvalue weighted by Crippen LogP contribution is -2.19. The van der Waals surface area contributed by atoms with Crippen LogP contribution in [0.5, 0.6) is 0 Å². The van der Waals surface area contributed by atoms with Gasteiger partial charge in [-0.15, -0.1) is 0 Å². The number of anilines is 2. The van der Waals surface area contributed by atoms with E-state index in [9.17, 15) is 4.79 Å². The molecule has 0 saturated heterocycles. The van der Waals surface area contributed by atoms with Crippen molar-refractivity contribution in [2.45, 2.75) is 13.5 Å². The highest BCUT2D eigenvalue weighted by Gasteiger charge is 2.06. The predicted octanol–water partition coefficient (Wildman–Crippen LogP) is 4.92. The third-order valence-corrected chi connectivity index (χ3v) is 5.08. The van der Waals surface area contributed by atoms with Gasteiger partial charge in [-0.1, -0.05) is 28.1 Å². The summed E-state index contributed by atoms with van der Waals surface area (Å²) in [5.74, 6) is 0.641. The minimum atomic E-state index is -0.371. The zero-order valence-electron chi connectivity index (χ0n) is 15.5. The number of rotatable bonds is 4. The van der Waals surface area contributed by atoms with E-state index in [1.54, 1.807) is 6.07 Å². The number of thiocarbonyl (C=S) groups is 1. The van der Waals surface area contributed by atoms with E-state index in [0.717, 1.165) is 26.7 Å². The van der Waals surface area contributed by atoms with Crippen LogP contribution in [0.2, 0.25) is 0 Å². The van der Waals surface area contributed by atoms with Crippen molar-refractivity contribution >= 4 is 55.7 Å². The normalized spacial score (nSPS) is 10.8. The first-order valence-corrected chi connectivity index (χ1v) is 10.1. The Kier molecular flexibility index (Phi) is 5.46. The van der Waals surface area contributed by atoms with Gasteiger partial charge in [0.15, 0.2) is 10.9 Å². The van der Waals surface area contributed by atoms with E-state index < -0.39 is 0 Å². The fraction of sp³-hybridized carbons (Fsp3) is 0.0952. The summed E-state index contributed by atoms with van der Waals surface area (Å²) in [7, 11) is 0. The summed E-state index contributed by atoms with van der Waals surface area (Å²) in [6, 6.07) is 17.0. The van der Waals surface area contributed by atoms with Crippen LogP contribution in [0.3, 0.4) is 0 Å². The van der Waals surface area contributed by atoms with Crippen molar-refractivity contribution in [3.05, 3.63) is 86.8 Å². The van der Waals surface area contributed by atoms with Crippen molar-refractivity contribution in [1.29, 1.82) is 0 Å². The molecule has 29 heavy (non-hydrogen) atoms. The maximum absolute atomic E-state index is 11.6. The molecule has 0 radical (unpaired) electrons. The van der Waals surface area contributed by atoms with Crippen molar-refractivity contribution in [2.24, 2.45) is 0 Å². The Hall–Kier alpha value is -2.97. The molecule has 8 heteroatoms. The molecule has 4 aromatic rings. The second-order valence-electron chi connectivity index (χ2n) is 6.56. The minimum Gasteiger partial charge on any atom is -0.423 e.